The number of nitro benzene ring substituents is 1. The molecule has 0 fully saturated rings. The molecule has 1 aromatic heterocycles. The smallest absolute Gasteiger partial charge is 0.346 e. The molecule has 19 heavy (non-hydrogen) atoms. The van der Waals surface area contributed by atoms with E-state index in [2.05, 4.69) is 4.98 Å². The van der Waals surface area contributed by atoms with Crippen molar-refractivity contribution in [3.8, 4) is 5.75 Å². The third-order valence-corrected chi connectivity index (χ3v) is 2.91. The van der Waals surface area contributed by atoms with Crippen LogP contribution in [0.15, 0.2) is 29.1 Å². The van der Waals surface area contributed by atoms with Crippen LogP contribution in [-0.2, 0) is 6.61 Å². The summed E-state index contributed by atoms with van der Waals surface area (Å²) in [5.74, 6) is -1.45. The number of aromatic carboxylic acids is 1. The third kappa shape index (κ3) is 2.86. The maximum atomic E-state index is 11.1. The van der Waals surface area contributed by atoms with Crippen molar-refractivity contribution in [3.63, 3.8) is 0 Å². The molecule has 0 aliphatic carbocycles. The number of carbonyl (C=O) groups is 1. The molecule has 0 amide bonds. The van der Waals surface area contributed by atoms with E-state index in [9.17, 15) is 14.9 Å². The normalized spacial score (nSPS) is 10.1. The van der Waals surface area contributed by atoms with Gasteiger partial charge in [0, 0.05) is 11.4 Å². The molecule has 7 nitrogen and oxygen atoms in total. The number of thiazole rings is 1. The minimum Gasteiger partial charge on any atom is -0.486 e. The summed E-state index contributed by atoms with van der Waals surface area (Å²) in [5.41, 5.74) is 1.29. The Morgan fingerprint density at radius 2 is 2.32 bits per heavy atom. The number of benzene rings is 1. The molecule has 98 valence electrons. The lowest BCUT2D eigenvalue weighted by molar-refractivity contribution is -0.385. The van der Waals surface area contributed by atoms with Crippen LogP contribution in [0.3, 0.4) is 0 Å². The fourth-order valence-electron chi connectivity index (χ4n) is 1.47. The molecule has 0 bridgehead atoms. The second-order valence-corrected chi connectivity index (χ2v) is 4.20. The second kappa shape index (κ2) is 5.44. The van der Waals surface area contributed by atoms with E-state index >= 15 is 0 Å². The van der Waals surface area contributed by atoms with Crippen LogP contribution in [0.25, 0.3) is 0 Å². The minimum absolute atomic E-state index is 0.0466. The predicted octanol–water partition coefficient (Wildman–Crippen LogP) is 2.33. The van der Waals surface area contributed by atoms with E-state index in [-0.39, 0.29) is 12.4 Å². The molecule has 0 aliphatic heterocycles. The third-order valence-electron chi connectivity index (χ3n) is 2.27. The van der Waals surface area contributed by atoms with Gasteiger partial charge in [-0.1, -0.05) is 6.07 Å². The summed E-state index contributed by atoms with van der Waals surface area (Å²) in [5, 5.41) is 21.6. The quantitative estimate of drug-likeness (QED) is 0.666. The van der Waals surface area contributed by atoms with Crippen molar-refractivity contribution in [1.82, 2.24) is 4.98 Å². The minimum atomic E-state index is -1.40. The van der Waals surface area contributed by atoms with Gasteiger partial charge in [-0.15, -0.1) is 11.3 Å². The van der Waals surface area contributed by atoms with E-state index < -0.39 is 22.1 Å². The van der Waals surface area contributed by atoms with Crippen LogP contribution in [0.4, 0.5) is 5.69 Å². The van der Waals surface area contributed by atoms with Gasteiger partial charge >= 0.3 is 5.97 Å². The first-order chi connectivity index (χ1) is 9.09. The van der Waals surface area contributed by atoms with Crippen molar-refractivity contribution in [2.75, 3.05) is 0 Å². The Balaban J connectivity index is 2.31. The first-order valence-corrected chi connectivity index (χ1v) is 6.04. The number of hydrogen-bond donors (Lipinski definition) is 1. The number of aromatic nitrogens is 1. The zero-order valence-electron chi connectivity index (χ0n) is 9.48. The van der Waals surface area contributed by atoms with E-state index in [1.54, 1.807) is 10.9 Å². The average Bonchev–Trinajstić information content (AvgIpc) is 2.88. The number of nitro groups is 1. The average molecular weight is 280 g/mol. The SMILES string of the molecule is O=C(O)c1c(OCc2cscn2)cccc1[N+](=O)[O-]. The Morgan fingerprint density at radius 3 is 2.89 bits per heavy atom. The topological polar surface area (TPSA) is 103 Å². The number of carboxylic acids is 1. The lowest BCUT2D eigenvalue weighted by Crippen LogP contribution is -2.07. The van der Waals surface area contributed by atoms with Gasteiger partial charge in [0.15, 0.2) is 5.56 Å². The maximum absolute atomic E-state index is 11.1. The summed E-state index contributed by atoms with van der Waals surface area (Å²) >= 11 is 1.38. The summed E-state index contributed by atoms with van der Waals surface area (Å²) in [6.45, 7) is 0.0605. The molecule has 2 rings (SSSR count). The Bertz CT molecular complexity index is 612. The molecule has 2 aromatic rings. The van der Waals surface area contributed by atoms with Crippen molar-refractivity contribution >= 4 is 23.0 Å². The van der Waals surface area contributed by atoms with Crippen molar-refractivity contribution in [3.05, 3.63) is 50.5 Å². The molecule has 0 saturated carbocycles. The molecule has 1 heterocycles. The van der Waals surface area contributed by atoms with E-state index in [0.717, 1.165) is 6.07 Å². The molecule has 8 heteroatoms. The molecule has 0 aliphatic rings. The first-order valence-electron chi connectivity index (χ1n) is 5.10. The fraction of sp³-hybridized carbons (Fsp3) is 0.0909. The van der Waals surface area contributed by atoms with E-state index in [0.29, 0.717) is 5.69 Å². The van der Waals surface area contributed by atoms with Gasteiger partial charge in [0.1, 0.15) is 12.4 Å². The van der Waals surface area contributed by atoms with Gasteiger partial charge in [0.05, 0.1) is 16.1 Å². The van der Waals surface area contributed by atoms with Gasteiger partial charge in [0.2, 0.25) is 0 Å². The highest BCUT2D eigenvalue weighted by atomic mass is 32.1. The number of ether oxygens (including phenoxy) is 1. The number of rotatable bonds is 5. The molecule has 0 spiro atoms. The van der Waals surface area contributed by atoms with Gasteiger partial charge in [0.25, 0.3) is 5.69 Å². The van der Waals surface area contributed by atoms with Crippen molar-refractivity contribution in [1.29, 1.82) is 0 Å². The number of carboxylic acid groups (broad SMARTS) is 1. The molecular formula is C11H8N2O5S. The largest absolute Gasteiger partial charge is 0.486 e. The Hall–Kier alpha value is -2.48. The summed E-state index contributed by atoms with van der Waals surface area (Å²) in [6.07, 6.45) is 0. The molecular weight excluding hydrogens is 272 g/mol. The molecule has 0 radical (unpaired) electrons. The van der Waals surface area contributed by atoms with Crippen molar-refractivity contribution in [2.45, 2.75) is 6.61 Å². The van der Waals surface area contributed by atoms with E-state index in [1.807, 2.05) is 0 Å². The van der Waals surface area contributed by atoms with Crippen molar-refractivity contribution in [2.24, 2.45) is 0 Å². The Kier molecular flexibility index (Phi) is 3.71. The van der Waals surface area contributed by atoms with Crippen LogP contribution in [0.5, 0.6) is 5.75 Å². The van der Waals surface area contributed by atoms with Crippen LogP contribution in [0.1, 0.15) is 16.1 Å². The zero-order chi connectivity index (χ0) is 13.8. The van der Waals surface area contributed by atoms with Gasteiger partial charge in [-0.2, -0.15) is 0 Å². The van der Waals surface area contributed by atoms with Crippen LogP contribution >= 0.6 is 11.3 Å². The van der Waals surface area contributed by atoms with Crippen LogP contribution in [0, 0.1) is 10.1 Å². The molecule has 1 N–H and O–H groups in total. The summed E-state index contributed by atoms with van der Waals surface area (Å²) in [6, 6.07) is 3.88. The lowest BCUT2D eigenvalue weighted by atomic mass is 10.1. The molecule has 0 atom stereocenters. The predicted molar refractivity (Wildman–Crippen MR) is 66.5 cm³/mol. The molecule has 0 unspecified atom stereocenters. The fourth-order valence-corrected chi connectivity index (χ4v) is 2.01. The van der Waals surface area contributed by atoms with E-state index in [1.165, 1.54) is 23.5 Å². The van der Waals surface area contributed by atoms with Gasteiger partial charge in [-0.3, -0.25) is 10.1 Å². The standard InChI is InChI=1S/C11H8N2O5S/c14-11(15)10-8(13(16)17)2-1-3-9(10)18-4-7-5-19-6-12-7/h1-3,5-6H,4H2,(H,14,15). The summed E-state index contributed by atoms with van der Waals surface area (Å²) in [7, 11) is 0. The highest BCUT2D eigenvalue weighted by Crippen LogP contribution is 2.28. The molecule has 0 saturated heterocycles. The monoisotopic (exact) mass is 280 g/mol. The summed E-state index contributed by atoms with van der Waals surface area (Å²) in [4.78, 5) is 25.1. The van der Waals surface area contributed by atoms with Gasteiger partial charge in [-0.25, -0.2) is 9.78 Å². The Morgan fingerprint density at radius 1 is 1.53 bits per heavy atom. The van der Waals surface area contributed by atoms with Crippen LogP contribution in [-0.4, -0.2) is 21.0 Å². The maximum Gasteiger partial charge on any atom is 0.346 e. The Labute approximate surface area is 111 Å². The van der Waals surface area contributed by atoms with Gasteiger partial charge in [-0.05, 0) is 6.07 Å². The van der Waals surface area contributed by atoms with Crippen molar-refractivity contribution < 1.29 is 19.6 Å². The van der Waals surface area contributed by atoms with E-state index in [4.69, 9.17) is 9.84 Å². The molecule has 1 aromatic carbocycles. The van der Waals surface area contributed by atoms with Crippen LogP contribution < -0.4 is 4.74 Å². The highest BCUT2D eigenvalue weighted by molar-refractivity contribution is 7.07. The van der Waals surface area contributed by atoms with Crippen LogP contribution in [0.2, 0.25) is 0 Å². The number of nitrogens with zero attached hydrogens (tertiary/aromatic N) is 2. The highest BCUT2D eigenvalue weighted by Gasteiger charge is 2.24. The first kappa shape index (κ1) is 13.0. The lowest BCUT2D eigenvalue weighted by Gasteiger charge is -2.07. The number of hydrogen-bond acceptors (Lipinski definition) is 6. The second-order valence-electron chi connectivity index (χ2n) is 3.48. The zero-order valence-corrected chi connectivity index (χ0v) is 10.3. The summed E-state index contributed by atoms with van der Waals surface area (Å²) < 4.78 is 5.29. The van der Waals surface area contributed by atoms with Gasteiger partial charge < -0.3 is 9.84 Å².